The zero-order valence-electron chi connectivity index (χ0n) is 12.8. The lowest BCUT2D eigenvalue weighted by Gasteiger charge is -2.02. The Kier molecular flexibility index (Phi) is 15.0. The van der Waals surface area contributed by atoms with Crippen molar-refractivity contribution in [3.8, 4) is 0 Å². The van der Waals surface area contributed by atoms with Gasteiger partial charge in [-0.2, -0.15) is 0 Å². The molecule has 0 amide bonds. The van der Waals surface area contributed by atoms with E-state index in [1.165, 1.54) is 51.4 Å². The van der Waals surface area contributed by atoms with Crippen molar-refractivity contribution in [2.75, 3.05) is 0 Å². The number of hydrogen-bond donors (Lipinski definition) is 1. The number of rotatable bonds is 13. The van der Waals surface area contributed by atoms with E-state index in [4.69, 9.17) is 5.11 Å². The predicted molar refractivity (Wildman–Crippen MR) is 86.1 cm³/mol. The average molecular weight is 265 g/mol. The molecule has 0 aliphatic carbocycles. The van der Waals surface area contributed by atoms with Crippen molar-refractivity contribution in [1.29, 1.82) is 0 Å². The van der Waals surface area contributed by atoms with E-state index in [9.17, 15) is 0 Å². The molecule has 0 aliphatic rings. The highest BCUT2D eigenvalue weighted by Gasteiger charge is 1.94. The third-order valence-corrected chi connectivity index (χ3v) is 3.24. The fourth-order valence-corrected chi connectivity index (χ4v) is 2.01. The normalized spacial score (nSPS) is 13.6. The Hall–Kier alpha value is -0.560. The summed E-state index contributed by atoms with van der Waals surface area (Å²) in [5.74, 6) is 0. The summed E-state index contributed by atoms with van der Waals surface area (Å²) >= 11 is 0. The maximum atomic E-state index is 9.01. The van der Waals surface area contributed by atoms with Crippen molar-refractivity contribution in [2.45, 2.75) is 83.7 Å². The monoisotopic (exact) mass is 265 g/mol. The summed E-state index contributed by atoms with van der Waals surface area (Å²) in [6.07, 6.45) is 22.0. The molecule has 0 fully saturated rings. The molecule has 19 heavy (non-hydrogen) atoms. The van der Waals surface area contributed by atoms with E-state index in [1.807, 2.05) is 0 Å². The summed E-state index contributed by atoms with van der Waals surface area (Å²) in [7, 11) is 0. The molecule has 1 nitrogen and oxygen atoms in total. The van der Waals surface area contributed by atoms with Crippen LogP contribution in [0.4, 0.5) is 0 Å². The van der Waals surface area contributed by atoms with Gasteiger partial charge < -0.3 is 5.11 Å². The molecule has 0 spiro atoms. The molecule has 1 atom stereocenters. The van der Waals surface area contributed by atoms with Crippen molar-refractivity contribution in [1.82, 2.24) is 0 Å². The van der Waals surface area contributed by atoms with Crippen LogP contribution >= 0.6 is 0 Å². The first kappa shape index (κ1) is 18.4. The fraction of sp³-hybridized carbons (Fsp3) is 0.722. The lowest BCUT2D eigenvalue weighted by atomic mass is 10.1. The zero-order valence-corrected chi connectivity index (χ0v) is 12.8. The van der Waals surface area contributed by atoms with Gasteiger partial charge in [-0.3, -0.25) is 0 Å². The lowest BCUT2D eigenvalue weighted by Crippen LogP contribution is -1.98. The smallest absolute Gasteiger partial charge is 0.0541 e. The van der Waals surface area contributed by atoms with Gasteiger partial charge in [0.25, 0.3) is 0 Å². The number of allylic oxidation sites excluding steroid dienone is 4. The Morgan fingerprint density at radius 3 is 2.00 bits per heavy atom. The second kappa shape index (κ2) is 15.5. The van der Waals surface area contributed by atoms with E-state index in [2.05, 4.69) is 38.2 Å². The van der Waals surface area contributed by atoms with Crippen LogP contribution in [0, 0.1) is 6.92 Å². The third-order valence-electron chi connectivity index (χ3n) is 3.24. The molecule has 0 aromatic rings. The first-order valence-electron chi connectivity index (χ1n) is 8.08. The van der Waals surface area contributed by atoms with Crippen molar-refractivity contribution < 1.29 is 5.11 Å². The van der Waals surface area contributed by atoms with Gasteiger partial charge in [0.15, 0.2) is 0 Å². The molecule has 0 rings (SSSR count). The Morgan fingerprint density at radius 1 is 0.842 bits per heavy atom. The topological polar surface area (TPSA) is 20.2 Å². The van der Waals surface area contributed by atoms with Crippen LogP contribution in [-0.4, -0.2) is 11.2 Å². The highest BCUT2D eigenvalue weighted by atomic mass is 16.3. The highest BCUT2D eigenvalue weighted by Crippen LogP contribution is 2.07. The molecule has 0 heterocycles. The van der Waals surface area contributed by atoms with E-state index in [0.29, 0.717) is 0 Å². The number of aliphatic hydroxyl groups is 1. The number of aliphatic hydroxyl groups excluding tert-OH is 1. The molecular formula is C18H33O. The first-order chi connectivity index (χ1) is 9.27. The molecule has 0 aliphatic heterocycles. The van der Waals surface area contributed by atoms with Gasteiger partial charge in [-0.15, -0.1) is 0 Å². The molecule has 1 heteroatoms. The van der Waals surface area contributed by atoms with Crippen LogP contribution < -0.4 is 0 Å². The summed E-state index contributed by atoms with van der Waals surface area (Å²) < 4.78 is 0. The molecule has 0 bridgehead atoms. The van der Waals surface area contributed by atoms with Crippen LogP contribution in [0.5, 0.6) is 0 Å². The van der Waals surface area contributed by atoms with E-state index in [-0.39, 0.29) is 6.10 Å². The van der Waals surface area contributed by atoms with Crippen LogP contribution in [0.3, 0.4) is 0 Å². The van der Waals surface area contributed by atoms with Crippen LogP contribution in [0.1, 0.15) is 77.6 Å². The maximum absolute atomic E-state index is 9.01. The van der Waals surface area contributed by atoms with Crippen LogP contribution in [-0.2, 0) is 0 Å². The molecule has 0 aromatic heterocycles. The van der Waals surface area contributed by atoms with Gasteiger partial charge in [-0.25, -0.2) is 0 Å². The quantitative estimate of drug-likeness (QED) is 0.339. The summed E-state index contributed by atoms with van der Waals surface area (Å²) in [6, 6.07) is 0. The molecule has 0 aromatic carbocycles. The van der Waals surface area contributed by atoms with E-state index < -0.39 is 0 Å². The average Bonchev–Trinajstić information content (AvgIpc) is 2.39. The Bertz CT molecular complexity index is 216. The Morgan fingerprint density at radius 2 is 1.42 bits per heavy atom. The van der Waals surface area contributed by atoms with E-state index in [1.54, 1.807) is 0 Å². The zero-order chi connectivity index (χ0) is 14.2. The summed E-state index contributed by atoms with van der Waals surface area (Å²) in [6.45, 7) is 5.82. The van der Waals surface area contributed by atoms with Gasteiger partial charge in [0.2, 0.25) is 0 Å². The number of unbranched alkanes of at least 4 members (excludes halogenated alkanes) is 7. The van der Waals surface area contributed by atoms with Crippen LogP contribution in [0.25, 0.3) is 0 Å². The van der Waals surface area contributed by atoms with Gasteiger partial charge in [-0.1, -0.05) is 63.3 Å². The summed E-state index contributed by atoms with van der Waals surface area (Å²) in [5, 5.41) is 9.01. The predicted octanol–water partition coefficient (Wildman–Crippen LogP) is 5.60. The SMILES string of the molecule is [CH2]C(O)CCCCCC/C=C\C/C=C\CCCCC. The van der Waals surface area contributed by atoms with Gasteiger partial charge in [0.05, 0.1) is 6.10 Å². The first-order valence-corrected chi connectivity index (χ1v) is 8.08. The van der Waals surface area contributed by atoms with Gasteiger partial charge >= 0.3 is 0 Å². The van der Waals surface area contributed by atoms with Crippen molar-refractivity contribution >= 4 is 0 Å². The number of hydrogen-bond acceptors (Lipinski definition) is 1. The lowest BCUT2D eigenvalue weighted by molar-refractivity contribution is 0.205. The summed E-state index contributed by atoms with van der Waals surface area (Å²) in [4.78, 5) is 0. The summed E-state index contributed by atoms with van der Waals surface area (Å²) in [5.41, 5.74) is 0. The highest BCUT2D eigenvalue weighted by molar-refractivity contribution is 4.92. The molecule has 1 unspecified atom stereocenters. The minimum absolute atomic E-state index is 0.371. The Labute approximate surface area is 120 Å². The largest absolute Gasteiger partial charge is 0.393 e. The van der Waals surface area contributed by atoms with Crippen molar-refractivity contribution in [3.05, 3.63) is 31.2 Å². The second-order valence-corrected chi connectivity index (χ2v) is 5.32. The van der Waals surface area contributed by atoms with Crippen molar-refractivity contribution in [2.24, 2.45) is 0 Å². The third kappa shape index (κ3) is 17.4. The van der Waals surface area contributed by atoms with Crippen LogP contribution in [0.15, 0.2) is 24.3 Å². The van der Waals surface area contributed by atoms with Gasteiger partial charge in [0.1, 0.15) is 0 Å². The maximum Gasteiger partial charge on any atom is 0.0541 e. The van der Waals surface area contributed by atoms with Gasteiger partial charge in [0, 0.05) is 0 Å². The van der Waals surface area contributed by atoms with E-state index >= 15 is 0 Å². The molecule has 0 saturated heterocycles. The minimum Gasteiger partial charge on any atom is -0.393 e. The second-order valence-electron chi connectivity index (χ2n) is 5.32. The molecule has 0 saturated carbocycles. The van der Waals surface area contributed by atoms with Crippen LogP contribution in [0.2, 0.25) is 0 Å². The molecule has 111 valence electrons. The minimum atomic E-state index is -0.371. The molecule has 1 N–H and O–H groups in total. The Balaban J connectivity index is 3.17. The molecule has 1 radical (unpaired) electrons. The van der Waals surface area contributed by atoms with Gasteiger partial charge in [-0.05, 0) is 45.4 Å². The van der Waals surface area contributed by atoms with E-state index in [0.717, 1.165) is 19.3 Å². The molecular weight excluding hydrogens is 232 g/mol. The van der Waals surface area contributed by atoms with Crippen molar-refractivity contribution in [3.63, 3.8) is 0 Å². The fourth-order valence-electron chi connectivity index (χ4n) is 2.01. The standard InChI is InChI=1S/C18H33O/c1-3-4-5-6-7-8-9-10-11-12-13-14-15-16-17-18(2)19/h7-8,10-11,18-19H,2-6,9,12-17H2,1H3/b8-7-,11-10-.